The van der Waals surface area contributed by atoms with Crippen molar-refractivity contribution in [1.82, 2.24) is 10.2 Å². The van der Waals surface area contributed by atoms with Crippen molar-refractivity contribution in [2.45, 2.75) is 58.5 Å². The second-order valence-corrected chi connectivity index (χ2v) is 6.92. The van der Waals surface area contributed by atoms with E-state index in [-0.39, 0.29) is 13.1 Å². The SMILES string of the molecule is CCCCC(NC(=O)OC(C)(C)C)B1OC(=O)CN(C)CC(=O)O1. The van der Waals surface area contributed by atoms with Crippen molar-refractivity contribution < 1.29 is 28.4 Å². The van der Waals surface area contributed by atoms with Crippen molar-refractivity contribution in [2.24, 2.45) is 0 Å². The highest BCUT2D eigenvalue weighted by Crippen LogP contribution is 2.12. The van der Waals surface area contributed by atoms with E-state index in [1.807, 2.05) is 6.92 Å². The molecular formula is C15H27BN2O6. The van der Waals surface area contributed by atoms with Gasteiger partial charge in [0.1, 0.15) is 5.60 Å². The Balaban J connectivity index is 2.81. The Hall–Kier alpha value is -1.77. The number of hydrogen-bond acceptors (Lipinski definition) is 7. The standard InChI is InChI=1S/C15H27BN2O6/c1-6-7-8-11(17-14(21)22-15(2,3)4)16-23-12(19)9-18(5)10-13(20)24-16/h11H,6-10H2,1-5H3,(H,17,21). The highest BCUT2D eigenvalue weighted by Gasteiger charge is 2.40. The van der Waals surface area contributed by atoms with E-state index in [0.717, 1.165) is 12.8 Å². The Morgan fingerprint density at radius 1 is 1.29 bits per heavy atom. The molecule has 0 radical (unpaired) electrons. The molecule has 8 nitrogen and oxygen atoms in total. The van der Waals surface area contributed by atoms with Gasteiger partial charge in [-0.2, -0.15) is 0 Å². The van der Waals surface area contributed by atoms with Gasteiger partial charge in [0, 0.05) is 0 Å². The molecule has 0 spiro atoms. The van der Waals surface area contributed by atoms with Gasteiger partial charge in [0.15, 0.2) is 0 Å². The average Bonchev–Trinajstić information content (AvgIpc) is 2.38. The summed E-state index contributed by atoms with van der Waals surface area (Å²) in [6, 6.07) is 0. The zero-order valence-electron chi connectivity index (χ0n) is 15.1. The van der Waals surface area contributed by atoms with Gasteiger partial charge in [0.2, 0.25) is 0 Å². The third-order valence-corrected chi connectivity index (χ3v) is 3.19. The quantitative estimate of drug-likeness (QED) is 0.749. The normalized spacial score (nSPS) is 18.1. The zero-order valence-corrected chi connectivity index (χ0v) is 15.1. The summed E-state index contributed by atoms with van der Waals surface area (Å²) in [6.45, 7) is 7.21. The first kappa shape index (κ1) is 20.3. The number of carbonyl (C=O) groups is 3. The van der Waals surface area contributed by atoms with Crippen molar-refractivity contribution in [1.29, 1.82) is 0 Å². The zero-order chi connectivity index (χ0) is 18.3. The summed E-state index contributed by atoms with van der Waals surface area (Å²) in [5.41, 5.74) is -0.656. The summed E-state index contributed by atoms with van der Waals surface area (Å²) in [6.07, 6.45) is 1.50. The molecule has 1 aliphatic heterocycles. The Morgan fingerprint density at radius 2 is 1.83 bits per heavy atom. The predicted octanol–water partition coefficient (Wildman–Crippen LogP) is 1.13. The summed E-state index contributed by atoms with van der Waals surface area (Å²) >= 11 is 0. The van der Waals surface area contributed by atoms with Gasteiger partial charge in [-0.3, -0.25) is 14.5 Å². The van der Waals surface area contributed by atoms with Crippen molar-refractivity contribution in [3.05, 3.63) is 0 Å². The van der Waals surface area contributed by atoms with Crippen LogP contribution in [0.1, 0.15) is 47.0 Å². The molecule has 24 heavy (non-hydrogen) atoms. The van der Waals surface area contributed by atoms with Gasteiger partial charge in [-0.1, -0.05) is 19.8 Å². The van der Waals surface area contributed by atoms with Crippen LogP contribution in [0.25, 0.3) is 0 Å². The van der Waals surface area contributed by atoms with Gasteiger partial charge >= 0.3 is 25.2 Å². The van der Waals surface area contributed by atoms with Crippen LogP contribution in [-0.4, -0.2) is 61.7 Å². The number of unbranched alkanes of at least 4 members (excludes halogenated alkanes) is 1. The summed E-state index contributed by atoms with van der Waals surface area (Å²) < 4.78 is 15.7. The highest BCUT2D eigenvalue weighted by atomic mass is 16.6. The third-order valence-electron chi connectivity index (χ3n) is 3.19. The van der Waals surface area contributed by atoms with Crippen LogP contribution in [0.2, 0.25) is 0 Å². The molecule has 0 bridgehead atoms. The van der Waals surface area contributed by atoms with Crippen LogP contribution >= 0.6 is 0 Å². The molecule has 0 saturated carbocycles. The van der Waals surface area contributed by atoms with E-state index in [4.69, 9.17) is 14.0 Å². The molecule has 1 atom stereocenters. The van der Waals surface area contributed by atoms with Crippen LogP contribution < -0.4 is 5.32 Å². The first-order chi connectivity index (χ1) is 11.1. The van der Waals surface area contributed by atoms with Gasteiger partial charge in [0.05, 0.1) is 19.0 Å². The minimum Gasteiger partial charge on any atom is -0.497 e. The van der Waals surface area contributed by atoms with E-state index < -0.39 is 36.7 Å². The van der Waals surface area contributed by atoms with Gasteiger partial charge < -0.3 is 19.4 Å². The summed E-state index contributed by atoms with van der Waals surface area (Å²) in [7, 11) is 0.467. The van der Waals surface area contributed by atoms with E-state index in [0.29, 0.717) is 6.42 Å². The number of amides is 1. The van der Waals surface area contributed by atoms with E-state index in [9.17, 15) is 14.4 Å². The van der Waals surface area contributed by atoms with Crippen molar-refractivity contribution in [3.63, 3.8) is 0 Å². The fourth-order valence-corrected chi connectivity index (χ4v) is 2.18. The summed E-state index contributed by atoms with van der Waals surface area (Å²) in [5.74, 6) is -1.68. The fraction of sp³-hybridized carbons (Fsp3) is 0.800. The molecule has 1 heterocycles. The molecular weight excluding hydrogens is 315 g/mol. The van der Waals surface area contributed by atoms with Gasteiger partial charge in [-0.15, -0.1) is 0 Å². The lowest BCUT2D eigenvalue weighted by atomic mass is 9.75. The Labute approximate surface area is 143 Å². The predicted molar refractivity (Wildman–Crippen MR) is 88.1 cm³/mol. The van der Waals surface area contributed by atoms with Crippen LogP contribution in [0.5, 0.6) is 0 Å². The molecule has 0 aromatic rings. The molecule has 0 aromatic heterocycles. The monoisotopic (exact) mass is 342 g/mol. The molecule has 0 aromatic carbocycles. The molecule has 9 heteroatoms. The van der Waals surface area contributed by atoms with Crippen LogP contribution in [0.3, 0.4) is 0 Å². The Kier molecular flexibility index (Phi) is 7.53. The number of hydrogen-bond donors (Lipinski definition) is 1. The van der Waals surface area contributed by atoms with Gasteiger partial charge in [-0.05, 0) is 34.2 Å². The van der Waals surface area contributed by atoms with Crippen molar-refractivity contribution in [2.75, 3.05) is 20.1 Å². The lowest BCUT2D eigenvalue weighted by molar-refractivity contribution is -0.146. The number of alkyl carbamates (subject to hydrolysis) is 1. The lowest BCUT2D eigenvalue weighted by Crippen LogP contribution is -2.54. The number of ether oxygens (including phenoxy) is 1. The minimum absolute atomic E-state index is 0.0153. The van der Waals surface area contributed by atoms with Gasteiger partial charge in [0.25, 0.3) is 0 Å². The molecule has 1 amide bonds. The second-order valence-electron chi connectivity index (χ2n) is 6.92. The maximum atomic E-state index is 12.0. The minimum atomic E-state index is -1.15. The van der Waals surface area contributed by atoms with E-state index in [1.54, 1.807) is 27.8 Å². The second kappa shape index (κ2) is 8.91. The maximum Gasteiger partial charge on any atom is 0.622 e. The van der Waals surface area contributed by atoms with E-state index in [2.05, 4.69) is 5.32 Å². The van der Waals surface area contributed by atoms with E-state index >= 15 is 0 Å². The first-order valence-corrected chi connectivity index (χ1v) is 8.17. The number of rotatable bonds is 5. The summed E-state index contributed by atoms with van der Waals surface area (Å²) in [4.78, 5) is 37.2. The number of nitrogens with one attached hydrogen (secondary N) is 1. The molecule has 1 N–H and O–H groups in total. The van der Waals surface area contributed by atoms with Crippen molar-refractivity contribution in [3.8, 4) is 0 Å². The van der Waals surface area contributed by atoms with Crippen LogP contribution in [-0.2, 0) is 23.6 Å². The Bertz CT molecular complexity index is 445. The average molecular weight is 342 g/mol. The van der Waals surface area contributed by atoms with Crippen LogP contribution in [0.4, 0.5) is 4.79 Å². The molecule has 1 aliphatic rings. The third kappa shape index (κ3) is 7.67. The molecule has 1 rings (SSSR count). The number of nitrogens with zero attached hydrogens (tertiary/aromatic N) is 1. The molecule has 1 saturated heterocycles. The molecule has 1 unspecified atom stereocenters. The molecule has 136 valence electrons. The largest absolute Gasteiger partial charge is 0.622 e. The lowest BCUT2D eigenvalue weighted by Gasteiger charge is -2.28. The molecule has 1 fully saturated rings. The van der Waals surface area contributed by atoms with Crippen molar-refractivity contribution >= 4 is 25.2 Å². The first-order valence-electron chi connectivity index (χ1n) is 8.17. The topological polar surface area (TPSA) is 94.2 Å². The smallest absolute Gasteiger partial charge is 0.497 e. The molecule has 0 aliphatic carbocycles. The number of likely N-dealkylation sites (N-methyl/N-ethyl adjacent to an activating group) is 1. The summed E-state index contributed by atoms with van der Waals surface area (Å²) in [5, 5.41) is 2.65. The van der Waals surface area contributed by atoms with Crippen LogP contribution in [0, 0.1) is 0 Å². The number of carbonyl (C=O) groups excluding carboxylic acids is 3. The fourth-order valence-electron chi connectivity index (χ4n) is 2.18. The Morgan fingerprint density at radius 3 is 2.29 bits per heavy atom. The highest BCUT2D eigenvalue weighted by molar-refractivity contribution is 6.51. The maximum absolute atomic E-state index is 12.0. The van der Waals surface area contributed by atoms with Gasteiger partial charge in [-0.25, -0.2) is 4.79 Å². The van der Waals surface area contributed by atoms with E-state index in [1.165, 1.54) is 4.90 Å². The van der Waals surface area contributed by atoms with Crippen LogP contribution in [0.15, 0.2) is 0 Å².